The molecular formula is C21H26N2O3S. The Balaban J connectivity index is 1.84. The van der Waals surface area contributed by atoms with E-state index in [0.29, 0.717) is 16.3 Å². The number of rotatable bonds is 4. The van der Waals surface area contributed by atoms with Crippen molar-refractivity contribution in [2.24, 2.45) is 0 Å². The highest BCUT2D eigenvalue weighted by atomic mass is 32.2. The molecule has 1 aliphatic heterocycles. The Labute approximate surface area is 161 Å². The van der Waals surface area contributed by atoms with E-state index in [-0.39, 0.29) is 11.7 Å². The molecule has 0 unspecified atom stereocenters. The number of pyridine rings is 1. The molecule has 2 aromatic rings. The second-order valence-corrected chi connectivity index (χ2v) is 9.13. The number of hydrogen-bond donors (Lipinski definition) is 0. The lowest BCUT2D eigenvalue weighted by Gasteiger charge is -2.20. The van der Waals surface area contributed by atoms with E-state index in [1.807, 2.05) is 11.0 Å². The van der Waals surface area contributed by atoms with Gasteiger partial charge in [-0.25, -0.2) is 13.4 Å². The molecule has 0 saturated carbocycles. The van der Waals surface area contributed by atoms with Crippen LogP contribution in [0.15, 0.2) is 41.3 Å². The zero-order valence-corrected chi connectivity index (χ0v) is 16.8. The van der Waals surface area contributed by atoms with Gasteiger partial charge in [0, 0.05) is 13.1 Å². The highest BCUT2D eigenvalue weighted by Crippen LogP contribution is 2.23. The second-order valence-electron chi connectivity index (χ2n) is 7.20. The quantitative estimate of drug-likeness (QED) is 0.804. The van der Waals surface area contributed by atoms with Crippen molar-refractivity contribution >= 4 is 15.7 Å². The molecule has 1 saturated heterocycles. The summed E-state index contributed by atoms with van der Waals surface area (Å²) < 4.78 is 25.9. The number of benzene rings is 1. The minimum Gasteiger partial charge on any atom is -0.337 e. The van der Waals surface area contributed by atoms with Gasteiger partial charge in [0.2, 0.25) is 0 Å². The lowest BCUT2D eigenvalue weighted by atomic mass is 10.2. The Morgan fingerprint density at radius 1 is 0.963 bits per heavy atom. The standard InChI is InChI=1S/C21H26N2O3S/c1-16-9-7-10-17(2)20(16)27(25,26)15-18-11-8-12-19(22-18)21(24)23-13-5-3-4-6-14-23/h7-12H,3-6,13-15H2,1-2H3. The van der Waals surface area contributed by atoms with Gasteiger partial charge in [0.1, 0.15) is 5.69 Å². The van der Waals surface area contributed by atoms with E-state index in [0.717, 1.165) is 49.9 Å². The third-order valence-electron chi connectivity index (χ3n) is 4.98. The fraction of sp³-hybridized carbons (Fsp3) is 0.429. The van der Waals surface area contributed by atoms with E-state index in [4.69, 9.17) is 0 Å². The fourth-order valence-electron chi connectivity index (χ4n) is 3.67. The Hall–Kier alpha value is -2.21. The monoisotopic (exact) mass is 386 g/mol. The predicted molar refractivity (Wildman–Crippen MR) is 105 cm³/mol. The van der Waals surface area contributed by atoms with Gasteiger partial charge in [0.15, 0.2) is 9.84 Å². The minimum atomic E-state index is -3.54. The van der Waals surface area contributed by atoms with Gasteiger partial charge in [-0.2, -0.15) is 0 Å². The van der Waals surface area contributed by atoms with E-state index < -0.39 is 9.84 Å². The van der Waals surface area contributed by atoms with Gasteiger partial charge in [-0.3, -0.25) is 4.79 Å². The molecule has 1 amide bonds. The van der Waals surface area contributed by atoms with E-state index in [1.165, 1.54) is 0 Å². The van der Waals surface area contributed by atoms with Gasteiger partial charge in [-0.1, -0.05) is 37.1 Å². The number of carbonyl (C=O) groups is 1. The van der Waals surface area contributed by atoms with Crippen LogP contribution in [0.25, 0.3) is 0 Å². The van der Waals surface area contributed by atoms with Gasteiger partial charge < -0.3 is 4.90 Å². The lowest BCUT2D eigenvalue weighted by molar-refractivity contribution is 0.0755. The Morgan fingerprint density at radius 2 is 1.56 bits per heavy atom. The van der Waals surface area contributed by atoms with Gasteiger partial charge in [0.05, 0.1) is 16.3 Å². The molecule has 0 N–H and O–H groups in total. The van der Waals surface area contributed by atoms with Crippen molar-refractivity contribution in [2.75, 3.05) is 13.1 Å². The van der Waals surface area contributed by atoms with E-state index in [1.54, 1.807) is 44.2 Å². The van der Waals surface area contributed by atoms with Gasteiger partial charge >= 0.3 is 0 Å². The number of likely N-dealkylation sites (tertiary alicyclic amines) is 1. The van der Waals surface area contributed by atoms with Crippen molar-refractivity contribution in [1.29, 1.82) is 0 Å². The van der Waals surface area contributed by atoms with Crippen LogP contribution in [0.1, 0.15) is 53.0 Å². The SMILES string of the molecule is Cc1cccc(C)c1S(=O)(=O)Cc1cccc(C(=O)N2CCCCCC2)n1. The lowest BCUT2D eigenvalue weighted by Crippen LogP contribution is -2.32. The number of hydrogen-bond acceptors (Lipinski definition) is 4. The summed E-state index contributed by atoms with van der Waals surface area (Å²) >= 11 is 0. The molecule has 1 fully saturated rings. The second kappa shape index (κ2) is 8.21. The molecule has 0 bridgehead atoms. The van der Waals surface area contributed by atoms with Crippen LogP contribution in [0.2, 0.25) is 0 Å². The van der Waals surface area contributed by atoms with E-state index >= 15 is 0 Å². The third kappa shape index (κ3) is 4.56. The van der Waals surface area contributed by atoms with Crippen molar-refractivity contribution in [2.45, 2.75) is 50.2 Å². The molecule has 1 aromatic carbocycles. The van der Waals surface area contributed by atoms with Crippen LogP contribution >= 0.6 is 0 Å². The smallest absolute Gasteiger partial charge is 0.272 e. The molecule has 0 aliphatic carbocycles. The molecule has 6 heteroatoms. The first-order valence-corrected chi connectivity index (χ1v) is 11.1. The van der Waals surface area contributed by atoms with Crippen LogP contribution in [0.4, 0.5) is 0 Å². The van der Waals surface area contributed by atoms with Crippen LogP contribution in [0.3, 0.4) is 0 Å². The zero-order valence-electron chi connectivity index (χ0n) is 15.9. The topological polar surface area (TPSA) is 67.3 Å². The number of nitrogens with zero attached hydrogens (tertiary/aromatic N) is 2. The summed E-state index contributed by atoms with van der Waals surface area (Å²) in [5, 5.41) is 0. The molecule has 2 heterocycles. The Morgan fingerprint density at radius 3 is 2.19 bits per heavy atom. The molecule has 5 nitrogen and oxygen atoms in total. The molecule has 0 atom stereocenters. The summed E-state index contributed by atoms with van der Waals surface area (Å²) in [6, 6.07) is 10.5. The van der Waals surface area contributed by atoms with Gasteiger partial charge in [-0.15, -0.1) is 0 Å². The van der Waals surface area contributed by atoms with Crippen molar-refractivity contribution < 1.29 is 13.2 Å². The van der Waals surface area contributed by atoms with Crippen LogP contribution in [-0.4, -0.2) is 37.3 Å². The fourth-order valence-corrected chi connectivity index (χ4v) is 5.48. The van der Waals surface area contributed by atoms with E-state index in [9.17, 15) is 13.2 Å². The molecule has 144 valence electrons. The van der Waals surface area contributed by atoms with Crippen molar-refractivity contribution in [1.82, 2.24) is 9.88 Å². The van der Waals surface area contributed by atoms with Crippen LogP contribution in [-0.2, 0) is 15.6 Å². The van der Waals surface area contributed by atoms with Gasteiger partial charge in [0.25, 0.3) is 5.91 Å². The summed E-state index contributed by atoms with van der Waals surface area (Å²) in [5.74, 6) is -0.317. The van der Waals surface area contributed by atoms with Crippen LogP contribution < -0.4 is 0 Å². The maximum atomic E-state index is 12.9. The number of carbonyl (C=O) groups excluding carboxylic acids is 1. The number of sulfone groups is 1. The summed E-state index contributed by atoms with van der Waals surface area (Å²) in [4.78, 5) is 19.3. The molecule has 0 radical (unpaired) electrons. The number of aromatic nitrogens is 1. The summed E-state index contributed by atoms with van der Waals surface area (Å²) in [6.45, 7) is 5.08. The average molecular weight is 387 g/mol. The molecule has 1 aromatic heterocycles. The molecule has 3 rings (SSSR count). The van der Waals surface area contributed by atoms with E-state index in [2.05, 4.69) is 4.98 Å². The van der Waals surface area contributed by atoms with Crippen molar-refractivity contribution in [3.8, 4) is 0 Å². The van der Waals surface area contributed by atoms with Gasteiger partial charge in [-0.05, 0) is 49.9 Å². The van der Waals surface area contributed by atoms with Crippen molar-refractivity contribution in [3.63, 3.8) is 0 Å². The largest absolute Gasteiger partial charge is 0.337 e. The summed E-state index contributed by atoms with van der Waals surface area (Å²) in [7, 11) is -3.54. The average Bonchev–Trinajstić information content (AvgIpc) is 2.90. The third-order valence-corrected chi connectivity index (χ3v) is 6.92. The van der Waals surface area contributed by atoms with Crippen LogP contribution in [0.5, 0.6) is 0 Å². The zero-order chi connectivity index (χ0) is 19.4. The first-order chi connectivity index (χ1) is 12.9. The molecule has 27 heavy (non-hydrogen) atoms. The Bertz CT molecular complexity index is 910. The summed E-state index contributed by atoms with van der Waals surface area (Å²) in [5.41, 5.74) is 2.18. The number of aryl methyl sites for hydroxylation is 2. The first kappa shape index (κ1) is 19.5. The first-order valence-electron chi connectivity index (χ1n) is 9.43. The minimum absolute atomic E-state index is 0.108. The maximum Gasteiger partial charge on any atom is 0.272 e. The van der Waals surface area contributed by atoms with Crippen LogP contribution in [0, 0.1) is 13.8 Å². The Kier molecular flexibility index (Phi) is 5.95. The highest BCUT2D eigenvalue weighted by Gasteiger charge is 2.23. The normalized spacial score (nSPS) is 15.4. The predicted octanol–water partition coefficient (Wildman–Crippen LogP) is 3.69. The molecule has 1 aliphatic rings. The molecular weight excluding hydrogens is 360 g/mol. The molecule has 0 spiro atoms. The van der Waals surface area contributed by atoms with Crippen molar-refractivity contribution in [3.05, 3.63) is 58.9 Å². The highest BCUT2D eigenvalue weighted by molar-refractivity contribution is 7.90. The maximum absolute atomic E-state index is 12.9. The summed E-state index contributed by atoms with van der Waals surface area (Å²) in [6.07, 6.45) is 4.30. The number of amides is 1.